The second-order valence-electron chi connectivity index (χ2n) is 3.89. The highest BCUT2D eigenvalue weighted by Crippen LogP contribution is 2.26. The zero-order valence-corrected chi connectivity index (χ0v) is 9.73. The number of nitrogens with zero attached hydrogens (tertiary/aromatic N) is 1. The van der Waals surface area contributed by atoms with E-state index in [4.69, 9.17) is 9.84 Å². The van der Waals surface area contributed by atoms with Crippen LogP contribution in [0.2, 0.25) is 0 Å². The predicted octanol–water partition coefficient (Wildman–Crippen LogP) is 2.18. The first-order valence-electron chi connectivity index (χ1n) is 5.26. The number of carboxylic acid groups (broad SMARTS) is 1. The molecule has 0 unspecified atom stereocenters. The summed E-state index contributed by atoms with van der Waals surface area (Å²) in [6.45, 7) is 1.90. The molecule has 88 valence electrons. The van der Waals surface area contributed by atoms with Crippen molar-refractivity contribution in [1.29, 1.82) is 0 Å². The minimum Gasteiger partial charge on any atom is -0.496 e. The van der Waals surface area contributed by atoms with E-state index < -0.39 is 5.97 Å². The molecule has 2 rings (SSSR count). The number of ether oxygens (including phenoxy) is 1. The molecule has 17 heavy (non-hydrogen) atoms. The highest BCUT2D eigenvalue weighted by atomic mass is 16.5. The molecular formula is C13H13NO3. The van der Waals surface area contributed by atoms with Gasteiger partial charge in [0.15, 0.2) is 0 Å². The van der Waals surface area contributed by atoms with E-state index in [0.29, 0.717) is 0 Å². The van der Waals surface area contributed by atoms with E-state index in [1.165, 1.54) is 0 Å². The third-order valence-electron chi connectivity index (χ3n) is 2.54. The zero-order chi connectivity index (χ0) is 12.4. The molecule has 2 aromatic rings. The van der Waals surface area contributed by atoms with Crippen LogP contribution in [-0.4, -0.2) is 23.2 Å². The molecule has 0 radical (unpaired) electrons. The lowest BCUT2D eigenvalue weighted by Gasteiger charge is -2.07. The van der Waals surface area contributed by atoms with Gasteiger partial charge < -0.3 is 9.84 Å². The maximum absolute atomic E-state index is 10.7. The number of methoxy groups -OCH3 is 1. The molecule has 1 aromatic heterocycles. The number of hydrogen-bond acceptors (Lipinski definition) is 3. The Hall–Kier alpha value is -2.10. The van der Waals surface area contributed by atoms with Crippen molar-refractivity contribution < 1.29 is 14.6 Å². The molecule has 0 fully saturated rings. The number of hydrogen-bond donors (Lipinski definition) is 1. The first-order valence-corrected chi connectivity index (χ1v) is 5.26. The number of carbonyl (C=O) groups is 1. The van der Waals surface area contributed by atoms with Crippen LogP contribution in [0.1, 0.15) is 11.3 Å². The fraction of sp³-hybridized carbons (Fsp3) is 0.231. The number of aromatic nitrogens is 1. The Labute approximate surface area is 98.9 Å². The number of aryl methyl sites for hydroxylation is 1. The summed E-state index contributed by atoms with van der Waals surface area (Å²) in [5.74, 6) is -0.122. The molecule has 0 aliphatic rings. The lowest BCUT2D eigenvalue weighted by molar-refractivity contribution is -0.136. The van der Waals surface area contributed by atoms with Crippen LogP contribution in [0.4, 0.5) is 0 Å². The van der Waals surface area contributed by atoms with Gasteiger partial charge in [0, 0.05) is 17.1 Å². The second-order valence-corrected chi connectivity index (χ2v) is 3.89. The molecule has 4 heteroatoms. The minimum atomic E-state index is -0.844. The summed E-state index contributed by atoms with van der Waals surface area (Å²) in [6, 6.07) is 7.26. The van der Waals surface area contributed by atoms with E-state index >= 15 is 0 Å². The van der Waals surface area contributed by atoms with Crippen LogP contribution in [0.15, 0.2) is 24.3 Å². The highest BCUT2D eigenvalue weighted by Gasteiger charge is 2.07. The van der Waals surface area contributed by atoms with Crippen molar-refractivity contribution >= 4 is 16.9 Å². The molecule has 0 amide bonds. The Balaban J connectivity index is 2.59. The molecule has 0 aliphatic heterocycles. The minimum absolute atomic E-state index is 0.00692. The monoisotopic (exact) mass is 231 g/mol. The third-order valence-corrected chi connectivity index (χ3v) is 2.54. The quantitative estimate of drug-likeness (QED) is 0.879. The Morgan fingerprint density at radius 3 is 2.82 bits per heavy atom. The van der Waals surface area contributed by atoms with Gasteiger partial charge in [0.05, 0.1) is 19.0 Å². The van der Waals surface area contributed by atoms with Crippen molar-refractivity contribution in [3.8, 4) is 5.75 Å². The van der Waals surface area contributed by atoms with E-state index in [0.717, 1.165) is 27.9 Å². The van der Waals surface area contributed by atoms with E-state index in [2.05, 4.69) is 4.98 Å². The van der Waals surface area contributed by atoms with Crippen LogP contribution in [0, 0.1) is 6.92 Å². The van der Waals surface area contributed by atoms with Crippen LogP contribution in [0.25, 0.3) is 10.9 Å². The smallest absolute Gasteiger partial charge is 0.307 e. The molecule has 4 nitrogen and oxygen atoms in total. The van der Waals surface area contributed by atoms with Gasteiger partial charge in [-0.2, -0.15) is 0 Å². The molecule has 0 saturated carbocycles. The number of fused-ring (bicyclic) bond motifs is 1. The first-order chi connectivity index (χ1) is 8.10. The molecule has 0 bridgehead atoms. The SMILES string of the molecule is COc1cc(C)nc2ccc(CC(=O)O)cc12. The molecule has 0 spiro atoms. The van der Waals surface area contributed by atoms with Gasteiger partial charge in [-0.15, -0.1) is 0 Å². The normalized spacial score (nSPS) is 10.5. The van der Waals surface area contributed by atoms with E-state index in [1.807, 2.05) is 25.1 Å². The van der Waals surface area contributed by atoms with Crippen molar-refractivity contribution in [1.82, 2.24) is 4.98 Å². The van der Waals surface area contributed by atoms with Crippen LogP contribution >= 0.6 is 0 Å². The molecule has 1 heterocycles. The largest absolute Gasteiger partial charge is 0.496 e. The molecule has 0 saturated heterocycles. The van der Waals surface area contributed by atoms with Crippen LogP contribution in [-0.2, 0) is 11.2 Å². The summed E-state index contributed by atoms with van der Waals surface area (Å²) in [7, 11) is 1.60. The van der Waals surface area contributed by atoms with E-state index in [1.54, 1.807) is 13.2 Å². The number of pyridine rings is 1. The van der Waals surface area contributed by atoms with Crippen molar-refractivity contribution in [2.75, 3.05) is 7.11 Å². The average Bonchev–Trinajstić information content (AvgIpc) is 2.27. The second kappa shape index (κ2) is 4.41. The summed E-state index contributed by atoms with van der Waals surface area (Å²) < 4.78 is 5.28. The van der Waals surface area contributed by atoms with E-state index in [9.17, 15) is 4.79 Å². The van der Waals surface area contributed by atoms with Crippen molar-refractivity contribution in [3.63, 3.8) is 0 Å². The van der Waals surface area contributed by atoms with Crippen LogP contribution < -0.4 is 4.74 Å². The Morgan fingerprint density at radius 1 is 1.41 bits per heavy atom. The molecule has 1 N–H and O–H groups in total. The summed E-state index contributed by atoms with van der Waals surface area (Å²) in [6.07, 6.45) is 0.00692. The Kier molecular flexibility index (Phi) is 2.95. The van der Waals surface area contributed by atoms with Gasteiger partial charge in [-0.1, -0.05) is 6.07 Å². The highest BCUT2D eigenvalue weighted by molar-refractivity contribution is 5.86. The fourth-order valence-electron chi connectivity index (χ4n) is 1.82. The first kappa shape index (κ1) is 11.4. The van der Waals surface area contributed by atoms with Crippen molar-refractivity contribution in [3.05, 3.63) is 35.5 Å². The molecule has 1 aromatic carbocycles. The average molecular weight is 231 g/mol. The van der Waals surface area contributed by atoms with Crippen molar-refractivity contribution in [2.24, 2.45) is 0 Å². The number of rotatable bonds is 3. The maximum Gasteiger partial charge on any atom is 0.307 e. The Morgan fingerprint density at radius 2 is 2.18 bits per heavy atom. The number of aliphatic carboxylic acids is 1. The summed E-state index contributed by atoms with van der Waals surface area (Å²) in [4.78, 5) is 15.0. The topological polar surface area (TPSA) is 59.4 Å². The van der Waals surface area contributed by atoms with Crippen molar-refractivity contribution in [2.45, 2.75) is 13.3 Å². The lowest BCUT2D eigenvalue weighted by atomic mass is 10.1. The number of carboxylic acids is 1. The number of benzene rings is 1. The van der Waals surface area contributed by atoms with E-state index in [-0.39, 0.29) is 6.42 Å². The molecular weight excluding hydrogens is 218 g/mol. The zero-order valence-electron chi connectivity index (χ0n) is 9.73. The van der Waals surface area contributed by atoms with Crippen LogP contribution in [0.3, 0.4) is 0 Å². The van der Waals surface area contributed by atoms with Gasteiger partial charge in [-0.05, 0) is 24.6 Å². The Bertz CT molecular complexity index is 578. The molecule has 0 aliphatic carbocycles. The fourth-order valence-corrected chi connectivity index (χ4v) is 1.82. The molecule has 0 atom stereocenters. The summed E-state index contributed by atoms with van der Waals surface area (Å²) in [5.41, 5.74) is 2.44. The predicted molar refractivity (Wildman–Crippen MR) is 64.4 cm³/mol. The maximum atomic E-state index is 10.7. The third kappa shape index (κ3) is 2.36. The summed E-state index contributed by atoms with van der Waals surface area (Å²) in [5, 5.41) is 9.61. The summed E-state index contributed by atoms with van der Waals surface area (Å²) >= 11 is 0. The van der Waals surface area contributed by atoms with Crippen LogP contribution in [0.5, 0.6) is 5.75 Å². The van der Waals surface area contributed by atoms with Gasteiger partial charge in [-0.25, -0.2) is 0 Å². The van der Waals surface area contributed by atoms with Gasteiger partial charge >= 0.3 is 5.97 Å². The standard InChI is InChI=1S/C13H13NO3/c1-8-5-12(17-2)10-6-9(7-13(15)16)3-4-11(10)14-8/h3-6H,7H2,1-2H3,(H,15,16). The van der Waals surface area contributed by atoms with Gasteiger partial charge in [0.2, 0.25) is 0 Å². The lowest BCUT2D eigenvalue weighted by Crippen LogP contribution is -2.00. The van der Waals surface area contributed by atoms with Gasteiger partial charge in [0.25, 0.3) is 0 Å². The van der Waals surface area contributed by atoms with Gasteiger partial charge in [-0.3, -0.25) is 9.78 Å². The van der Waals surface area contributed by atoms with Gasteiger partial charge in [0.1, 0.15) is 5.75 Å².